The second kappa shape index (κ2) is 7.80. The molecule has 21 heavy (non-hydrogen) atoms. The Kier molecular flexibility index (Phi) is 6.39. The maximum atomic E-state index is 13.9. The van der Waals surface area contributed by atoms with Crippen molar-refractivity contribution in [2.24, 2.45) is 0 Å². The number of aliphatic hydroxyl groups excluding tert-OH is 1. The standard InChI is InChI=1S/C17H22FNO2/c1-4-17(5-2,6-3)19-16(21)14-12-13(8-7-11-20)9-10-15(14)18/h9-10,12,20H,4-6,11H2,1-3H3,(H,19,21). The molecule has 0 spiro atoms. The molecule has 0 heterocycles. The fourth-order valence-corrected chi connectivity index (χ4v) is 2.24. The number of carbonyl (C=O) groups excluding carboxylic acids is 1. The Balaban J connectivity index is 3.06. The first-order valence-corrected chi connectivity index (χ1v) is 7.23. The first-order valence-electron chi connectivity index (χ1n) is 7.23. The van der Waals surface area contributed by atoms with Crippen molar-refractivity contribution in [1.82, 2.24) is 5.32 Å². The molecule has 1 amide bonds. The minimum absolute atomic E-state index is 0.0144. The summed E-state index contributed by atoms with van der Waals surface area (Å²) in [7, 11) is 0. The molecule has 0 radical (unpaired) electrons. The van der Waals surface area contributed by atoms with E-state index in [0.717, 1.165) is 19.3 Å². The lowest BCUT2D eigenvalue weighted by Crippen LogP contribution is -2.47. The Bertz CT molecular complexity index is 545. The summed E-state index contributed by atoms with van der Waals surface area (Å²) >= 11 is 0. The zero-order valence-corrected chi connectivity index (χ0v) is 12.8. The van der Waals surface area contributed by atoms with Crippen LogP contribution in [0.4, 0.5) is 4.39 Å². The summed E-state index contributed by atoms with van der Waals surface area (Å²) in [5, 5.41) is 11.6. The van der Waals surface area contributed by atoms with Gasteiger partial charge in [0, 0.05) is 11.1 Å². The van der Waals surface area contributed by atoms with Gasteiger partial charge in [-0.1, -0.05) is 32.6 Å². The van der Waals surface area contributed by atoms with Gasteiger partial charge in [0.05, 0.1) is 5.56 Å². The molecule has 0 atom stereocenters. The molecule has 2 N–H and O–H groups in total. The van der Waals surface area contributed by atoms with Gasteiger partial charge < -0.3 is 10.4 Å². The predicted molar refractivity (Wildman–Crippen MR) is 81.4 cm³/mol. The largest absolute Gasteiger partial charge is 0.384 e. The van der Waals surface area contributed by atoms with Crippen LogP contribution in [0.15, 0.2) is 18.2 Å². The van der Waals surface area contributed by atoms with E-state index in [-0.39, 0.29) is 17.7 Å². The van der Waals surface area contributed by atoms with Crippen molar-refractivity contribution >= 4 is 5.91 Å². The van der Waals surface area contributed by atoms with Crippen LogP contribution >= 0.6 is 0 Å². The molecule has 0 aliphatic carbocycles. The van der Waals surface area contributed by atoms with E-state index in [1.807, 2.05) is 20.8 Å². The highest BCUT2D eigenvalue weighted by Crippen LogP contribution is 2.21. The normalized spacial score (nSPS) is 10.7. The van der Waals surface area contributed by atoms with Crippen LogP contribution in [0.1, 0.15) is 56.0 Å². The Morgan fingerprint density at radius 1 is 1.29 bits per heavy atom. The third-order valence-electron chi connectivity index (χ3n) is 3.93. The second-order valence-corrected chi connectivity index (χ2v) is 4.95. The van der Waals surface area contributed by atoms with Crippen LogP contribution in [-0.4, -0.2) is 23.2 Å². The van der Waals surface area contributed by atoms with Crippen LogP contribution in [0.5, 0.6) is 0 Å². The number of aliphatic hydroxyl groups is 1. The summed E-state index contributed by atoms with van der Waals surface area (Å²) in [5.41, 5.74) is 0.182. The minimum Gasteiger partial charge on any atom is -0.384 e. The van der Waals surface area contributed by atoms with Crippen LogP contribution in [0.25, 0.3) is 0 Å². The van der Waals surface area contributed by atoms with Gasteiger partial charge in [-0.3, -0.25) is 4.79 Å². The summed E-state index contributed by atoms with van der Waals surface area (Å²) in [5.74, 6) is 4.16. The average molecular weight is 291 g/mol. The number of benzene rings is 1. The lowest BCUT2D eigenvalue weighted by atomic mass is 9.89. The third kappa shape index (κ3) is 4.30. The first-order chi connectivity index (χ1) is 10.0. The van der Waals surface area contributed by atoms with Gasteiger partial charge in [-0.25, -0.2) is 4.39 Å². The lowest BCUT2D eigenvalue weighted by Gasteiger charge is -2.31. The van der Waals surface area contributed by atoms with E-state index < -0.39 is 11.7 Å². The number of hydrogen-bond donors (Lipinski definition) is 2. The van der Waals surface area contributed by atoms with Crippen LogP contribution in [0, 0.1) is 17.7 Å². The molecule has 114 valence electrons. The summed E-state index contributed by atoms with van der Waals surface area (Å²) < 4.78 is 13.9. The van der Waals surface area contributed by atoms with Gasteiger partial charge in [-0.15, -0.1) is 0 Å². The molecule has 0 aromatic heterocycles. The van der Waals surface area contributed by atoms with Gasteiger partial charge in [0.15, 0.2) is 0 Å². The molecular weight excluding hydrogens is 269 g/mol. The highest BCUT2D eigenvalue weighted by molar-refractivity contribution is 5.95. The minimum atomic E-state index is -0.570. The van der Waals surface area contributed by atoms with Crippen LogP contribution in [0.2, 0.25) is 0 Å². The fraction of sp³-hybridized carbons (Fsp3) is 0.471. The summed E-state index contributed by atoms with van der Waals surface area (Å²) in [6, 6.07) is 4.13. The first kappa shape index (κ1) is 17.2. The van der Waals surface area contributed by atoms with Crippen molar-refractivity contribution in [3.63, 3.8) is 0 Å². The number of nitrogens with one attached hydrogen (secondary N) is 1. The highest BCUT2D eigenvalue weighted by atomic mass is 19.1. The summed E-state index contributed by atoms with van der Waals surface area (Å²) in [6.45, 7) is 5.75. The molecule has 0 bridgehead atoms. The lowest BCUT2D eigenvalue weighted by molar-refractivity contribution is 0.0884. The van der Waals surface area contributed by atoms with Crippen molar-refractivity contribution in [3.05, 3.63) is 35.1 Å². The topological polar surface area (TPSA) is 49.3 Å². The van der Waals surface area contributed by atoms with Crippen molar-refractivity contribution in [1.29, 1.82) is 0 Å². The molecule has 4 heteroatoms. The molecular formula is C17H22FNO2. The van der Waals surface area contributed by atoms with Gasteiger partial charge in [-0.2, -0.15) is 0 Å². The van der Waals surface area contributed by atoms with Crippen molar-refractivity contribution in [2.75, 3.05) is 6.61 Å². The van der Waals surface area contributed by atoms with E-state index in [1.165, 1.54) is 18.2 Å². The van der Waals surface area contributed by atoms with Crippen molar-refractivity contribution in [3.8, 4) is 11.8 Å². The van der Waals surface area contributed by atoms with E-state index in [0.29, 0.717) is 5.56 Å². The number of rotatable bonds is 5. The fourth-order valence-electron chi connectivity index (χ4n) is 2.24. The molecule has 3 nitrogen and oxygen atoms in total. The maximum absolute atomic E-state index is 13.9. The van der Waals surface area contributed by atoms with E-state index in [9.17, 15) is 9.18 Å². The van der Waals surface area contributed by atoms with Crippen LogP contribution in [-0.2, 0) is 0 Å². The summed E-state index contributed by atoms with van der Waals surface area (Å²) in [4.78, 5) is 12.3. The van der Waals surface area contributed by atoms with Crippen LogP contribution in [0.3, 0.4) is 0 Å². The molecule has 1 rings (SSSR count). The van der Waals surface area contributed by atoms with E-state index in [1.54, 1.807) is 0 Å². The van der Waals surface area contributed by atoms with Gasteiger partial charge in [-0.05, 0) is 37.5 Å². The monoisotopic (exact) mass is 291 g/mol. The van der Waals surface area contributed by atoms with Gasteiger partial charge in [0.2, 0.25) is 0 Å². The van der Waals surface area contributed by atoms with E-state index in [4.69, 9.17) is 5.11 Å². The van der Waals surface area contributed by atoms with E-state index in [2.05, 4.69) is 17.2 Å². The molecule has 0 aliphatic heterocycles. The molecule has 0 aliphatic rings. The SMILES string of the molecule is CCC(CC)(CC)NC(=O)c1cc(C#CCO)ccc1F. The zero-order chi connectivity index (χ0) is 15.9. The maximum Gasteiger partial charge on any atom is 0.254 e. The predicted octanol–water partition coefficient (Wildman–Crippen LogP) is 2.87. The molecule has 0 unspecified atom stereocenters. The Morgan fingerprint density at radius 2 is 1.90 bits per heavy atom. The Hall–Kier alpha value is -1.86. The molecule has 0 saturated heterocycles. The molecule has 1 aromatic carbocycles. The van der Waals surface area contributed by atoms with Crippen molar-refractivity contribution in [2.45, 2.75) is 45.6 Å². The van der Waals surface area contributed by atoms with Crippen molar-refractivity contribution < 1.29 is 14.3 Å². The second-order valence-electron chi connectivity index (χ2n) is 4.95. The molecule has 1 aromatic rings. The third-order valence-corrected chi connectivity index (χ3v) is 3.93. The Labute approximate surface area is 125 Å². The smallest absolute Gasteiger partial charge is 0.254 e. The van der Waals surface area contributed by atoms with Crippen LogP contribution < -0.4 is 5.32 Å². The van der Waals surface area contributed by atoms with E-state index >= 15 is 0 Å². The van der Waals surface area contributed by atoms with Gasteiger partial charge >= 0.3 is 0 Å². The number of hydrogen-bond acceptors (Lipinski definition) is 2. The number of halogens is 1. The zero-order valence-electron chi connectivity index (χ0n) is 12.8. The number of carbonyl (C=O) groups is 1. The quantitative estimate of drug-likeness (QED) is 0.820. The van der Waals surface area contributed by atoms with Gasteiger partial charge in [0.1, 0.15) is 12.4 Å². The highest BCUT2D eigenvalue weighted by Gasteiger charge is 2.27. The molecule has 0 fully saturated rings. The summed E-state index contributed by atoms with van der Waals surface area (Å²) in [6.07, 6.45) is 2.37. The van der Waals surface area contributed by atoms with Gasteiger partial charge in [0.25, 0.3) is 5.91 Å². The molecule has 0 saturated carbocycles. The Morgan fingerprint density at radius 3 is 2.43 bits per heavy atom. The number of amides is 1. The average Bonchev–Trinajstić information content (AvgIpc) is 2.51.